The summed E-state index contributed by atoms with van der Waals surface area (Å²) in [6, 6.07) is 1.71. The van der Waals surface area contributed by atoms with Crippen molar-refractivity contribution >= 4 is 17.3 Å². The molecule has 0 aliphatic rings. The lowest BCUT2D eigenvalue weighted by atomic mass is 10.2. The second-order valence-electron chi connectivity index (χ2n) is 3.46. The first kappa shape index (κ1) is 14.0. The monoisotopic (exact) mass is 273 g/mol. The largest absolute Gasteiger partial charge is 0.417 e. The zero-order valence-electron chi connectivity index (χ0n) is 8.65. The van der Waals surface area contributed by atoms with Gasteiger partial charge in [-0.25, -0.2) is 8.78 Å². The van der Waals surface area contributed by atoms with E-state index in [-0.39, 0.29) is 5.69 Å². The third-order valence-electron chi connectivity index (χ3n) is 2.04. The summed E-state index contributed by atoms with van der Waals surface area (Å²) in [7, 11) is 0. The molecule has 0 aliphatic carbocycles. The zero-order chi connectivity index (χ0) is 13.2. The van der Waals surface area contributed by atoms with Crippen LogP contribution in [0.5, 0.6) is 0 Å². The van der Waals surface area contributed by atoms with Gasteiger partial charge in [-0.3, -0.25) is 0 Å². The SMILES string of the molecule is CC(Nc1ccc(Cl)c(C(F)(F)F)c1)C(F)F. The summed E-state index contributed by atoms with van der Waals surface area (Å²) in [4.78, 5) is 0. The van der Waals surface area contributed by atoms with Crippen LogP contribution in [0.1, 0.15) is 12.5 Å². The molecule has 96 valence electrons. The third kappa shape index (κ3) is 3.73. The van der Waals surface area contributed by atoms with E-state index in [1.807, 2.05) is 0 Å². The molecular weight excluding hydrogens is 265 g/mol. The summed E-state index contributed by atoms with van der Waals surface area (Å²) in [5.74, 6) is 0. The Morgan fingerprint density at radius 3 is 2.29 bits per heavy atom. The Morgan fingerprint density at radius 1 is 1.24 bits per heavy atom. The number of anilines is 1. The summed E-state index contributed by atoms with van der Waals surface area (Å²) < 4.78 is 61.8. The van der Waals surface area contributed by atoms with Crippen molar-refractivity contribution in [1.29, 1.82) is 0 Å². The number of alkyl halides is 5. The van der Waals surface area contributed by atoms with Crippen LogP contribution in [0.2, 0.25) is 5.02 Å². The van der Waals surface area contributed by atoms with Crippen LogP contribution in [0.3, 0.4) is 0 Å². The Bertz CT molecular complexity index is 391. The van der Waals surface area contributed by atoms with Crippen LogP contribution >= 0.6 is 11.6 Å². The van der Waals surface area contributed by atoms with Crippen molar-refractivity contribution in [1.82, 2.24) is 0 Å². The van der Waals surface area contributed by atoms with Gasteiger partial charge in [0.1, 0.15) is 0 Å². The van der Waals surface area contributed by atoms with Crippen molar-refractivity contribution in [2.75, 3.05) is 5.32 Å². The Labute approximate surface area is 99.6 Å². The lowest BCUT2D eigenvalue weighted by Gasteiger charge is -2.16. The van der Waals surface area contributed by atoms with Gasteiger partial charge in [-0.05, 0) is 25.1 Å². The van der Waals surface area contributed by atoms with E-state index in [1.54, 1.807) is 0 Å². The molecule has 0 heterocycles. The van der Waals surface area contributed by atoms with Crippen LogP contribution < -0.4 is 5.32 Å². The molecule has 0 bridgehead atoms. The molecule has 1 rings (SSSR count). The Balaban J connectivity index is 2.97. The minimum absolute atomic E-state index is 0.0467. The Morgan fingerprint density at radius 2 is 1.82 bits per heavy atom. The molecule has 1 nitrogen and oxygen atoms in total. The number of halogens is 6. The fourth-order valence-electron chi connectivity index (χ4n) is 1.16. The first-order valence-corrected chi connectivity index (χ1v) is 5.01. The standard InChI is InChI=1S/C10H9ClF5N/c1-5(9(12)13)17-6-2-3-8(11)7(4-6)10(14,15)16/h2-5,9,17H,1H3. The molecule has 0 fully saturated rings. The molecule has 0 amide bonds. The first-order chi connectivity index (χ1) is 7.71. The minimum atomic E-state index is -4.61. The highest BCUT2D eigenvalue weighted by atomic mass is 35.5. The van der Waals surface area contributed by atoms with Crippen LogP contribution in [0.4, 0.5) is 27.6 Å². The van der Waals surface area contributed by atoms with Gasteiger partial charge in [0.05, 0.1) is 16.6 Å². The van der Waals surface area contributed by atoms with E-state index in [4.69, 9.17) is 11.6 Å². The average Bonchev–Trinajstić information content (AvgIpc) is 2.19. The highest BCUT2D eigenvalue weighted by Crippen LogP contribution is 2.36. The summed E-state index contributed by atoms with van der Waals surface area (Å²) in [5, 5.41) is 1.81. The van der Waals surface area contributed by atoms with E-state index in [2.05, 4.69) is 5.32 Å². The van der Waals surface area contributed by atoms with Gasteiger partial charge in [0, 0.05) is 5.69 Å². The molecule has 7 heteroatoms. The maximum Gasteiger partial charge on any atom is 0.417 e. The molecule has 0 spiro atoms. The van der Waals surface area contributed by atoms with E-state index in [0.29, 0.717) is 6.07 Å². The van der Waals surface area contributed by atoms with E-state index >= 15 is 0 Å². The van der Waals surface area contributed by atoms with Gasteiger partial charge >= 0.3 is 6.18 Å². The summed E-state index contributed by atoms with van der Waals surface area (Å²) in [6.07, 6.45) is -7.27. The second kappa shape index (κ2) is 5.08. The highest BCUT2D eigenvalue weighted by molar-refractivity contribution is 6.31. The van der Waals surface area contributed by atoms with Crippen LogP contribution in [0.15, 0.2) is 18.2 Å². The molecule has 0 saturated heterocycles. The summed E-state index contributed by atoms with van der Waals surface area (Å²) >= 11 is 5.38. The quantitative estimate of drug-likeness (QED) is 0.804. The molecule has 0 aliphatic heterocycles. The number of hydrogen-bond acceptors (Lipinski definition) is 1. The van der Waals surface area contributed by atoms with Gasteiger partial charge in [0.25, 0.3) is 6.43 Å². The number of nitrogens with one attached hydrogen (secondary N) is 1. The van der Waals surface area contributed by atoms with Gasteiger partial charge in [-0.2, -0.15) is 13.2 Å². The fourth-order valence-corrected chi connectivity index (χ4v) is 1.38. The number of benzene rings is 1. The Hall–Kier alpha value is -1.04. The fraction of sp³-hybridized carbons (Fsp3) is 0.400. The van der Waals surface area contributed by atoms with Crippen LogP contribution in [0.25, 0.3) is 0 Å². The molecule has 0 radical (unpaired) electrons. The minimum Gasteiger partial charge on any atom is -0.377 e. The van der Waals surface area contributed by atoms with Crippen LogP contribution in [0, 0.1) is 0 Å². The van der Waals surface area contributed by atoms with Crippen molar-refractivity contribution in [2.45, 2.75) is 25.6 Å². The molecule has 17 heavy (non-hydrogen) atoms. The van der Waals surface area contributed by atoms with Crippen molar-refractivity contribution < 1.29 is 22.0 Å². The number of rotatable bonds is 3. The normalized spacial score (nSPS) is 13.9. The molecule has 1 N–H and O–H groups in total. The molecule has 0 aromatic heterocycles. The topological polar surface area (TPSA) is 12.0 Å². The molecular formula is C10H9ClF5N. The third-order valence-corrected chi connectivity index (χ3v) is 2.37. The maximum atomic E-state index is 12.5. The van der Waals surface area contributed by atoms with E-state index < -0.39 is 29.2 Å². The zero-order valence-corrected chi connectivity index (χ0v) is 9.41. The van der Waals surface area contributed by atoms with Gasteiger partial charge in [-0.1, -0.05) is 11.6 Å². The van der Waals surface area contributed by atoms with Crippen molar-refractivity contribution in [3.8, 4) is 0 Å². The lowest BCUT2D eigenvalue weighted by Crippen LogP contribution is -2.24. The van der Waals surface area contributed by atoms with E-state index in [9.17, 15) is 22.0 Å². The van der Waals surface area contributed by atoms with Gasteiger partial charge in [0.2, 0.25) is 0 Å². The van der Waals surface area contributed by atoms with Crippen LogP contribution in [-0.2, 0) is 6.18 Å². The molecule has 1 unspecified atom stereocenters. The molecule has 0 saturated carbocycles. The van der Waals surface area contributed by atoms with Crippen LogP contribution in [-0.4, -0.2) is 12.5 Å². The van der Waals surface area contributed by atoms with E-state index in [0.717, 1.165) is 6.07 Å². The highest BCUT2D eigenvalue weighted by Gasteiger charge is 2.33. The lowest BCUT2D eigenvalue weighted by molar-refractivity contribution is -0.137. The van der Waals surface area contributed by atoms with Gasteiger partial charge < -0.3 is 5.32 Å². The maximum absolute atomic E-state index is 12.5. The van der Waals surface area contributed by atoms with Gasteiger partial charge in [-0.15, -0.1) is 0 Å². The van der Waals surface area contributed by atoms with E-state index in [1.165, 1.54) is 13.0 Å². The average molecular weight is 274 g/mol. The predicted molar refractivity (Wildman–Crippen MR) is 55.5 cm³/mol. The van der Waals surface area contributed by atoms with Crippen molar-refractivity contribution in [2.24, 2.45) is 0 Å². The summed E-state index contributed by atoms with van der Waals surface area (Å²) in [6.45, 7) is 1.17. The van der Waals surface area contributed by atoms with Crippen molar-refractivity contribution in [3.63, 3.8) is 0 Å². The molecule has 1 aromatic rings. The summed E-state index contributed by atoms with van der Waals surface area (Å²) in [5.41, 5.74) is -1.10. The smallest absolute Gasteiger partial charge is 0.377 e. The second-order valence-corrected chi connectivity index (χ2v) is 3.87. The Kier molecular flexibility index (Phi) is 4.19. The molecule has 1 atom stereocenters. The predicted octanol–water partition coefficient (Wildman–Crippen LogP) is 4.42. The van der Waals surface area contributed by atoms with Gasteiger partial charge in [0.15, 0.2) is 0 Å². The van der Waals surface area contributed by atoms with Crippen molar-refractivity contribution in [3.05, 3.63) is 28.8 Å². The first-order valence-electron chi connectivity index (χ1n) is 4.63. The molecule has 1 aromatic carbocycles. The number of hydrogen-bond donors (Lipinski definition) is 1.